The number of hydrogen-bond donors (Lipinski definition) is 1. The highest BCUT2D eigenvalue weighted by molar-refractivity contribution is 4.65. The lowest BCUT2D eigenvalue weighted by Gasteiger charge is -2.26. The second kappa shape index (κ2) is 3.18. The van der Waals surface area contributed by atoms with Crippen LogP contribution in [0.3, 0.4) is 0 Å². The maximum atomic E-state index is 9.04. The molecule has 2 nitrogen and oxygen atoms in total. The average Bonchev–Trinajstić information content (AvgIpc) is 1.88. The summed E-state index contributed by atoms with van der Waals surface area (Å²) in [6.45, 7) is 3.94. The van der Waals surface area contributed by atoms with E-state index in [1.165, 1.54) is 17.9 Å². The van der Waals surface area contributed by atoms with Gasteiger partial charge in [0.15, 0.2) is 0 Å². The van der Waals surface area contributed by atoms with Crippen LogP contribution < -0.4 is 0 Å². The first-order chi connectivity index (χ1) is 4.33. The molecule has 0 amide bonds. The van der Waals surface area contributed by atoms with Crippen molar-refractivity contribution in [2.24, 2.45) is 5.92 Å². The first kappa shape index (κ1) is 7.03. The van der Waals surface area contributed by atoms with Gasteiger partial charge in [-0.2, -0.15) is 5.06 Å². The second-order valence-electron chi connectivity index (χ2n) is 2.83. The Morgan fingerprint density at radius 3 is 2.89 bits per heavy atom. The molecule has 0 aromatic carbocycles. The summed E-state index contributed by atoms with van der Waals surface area (Å²) >= 11 is 0. The molecule has 54 valence electrons. The smallest absolute Gasteiger partial charge is 0.0266 e. The summed E-state index contributed by atoms with van der Waals surface area (Å²) in [7, 11) is 0. The third-order valence-electron chi connectivity index (χ3n) is 2.07. The minimum absolute atomic E-state index is 0.740. The summed E-state index contributed by atoms with van der Waals surface area (Å²) in [6.07, 6.45) is 3.67. The Bertz CT molecular complexity index is 85.0. The number of hydrogen-bond acceptors (Lipinski definition) is 2. The minimum Gasteiger partial charge on any atom is -0.314 e. The van der Waals surface area contributed by atoms with E-state index in [4.69, 9.17) is 5.21 Å². The lowest BCUT2D eigenvalue weighted by atomic mass is 9.97. The number of rotatable bonds is 1. The third-order valence-corrected chi connectivity index (χ3v) is 2.07. The molecule has 1 heterocycles. The quantitative estimate of drug-likeness (QED) is 0.580. The number of hydroxylamine groups is 2. The van der Waals surface area contributed by atoms with Crippen LogP contribution in [0.2, 0.25) is 0 Å². The Kier molecular flexibility index (Phi) is 2.49. The minimum atomic E-state index is 0.740. The predicted molar refractivity (Wildman–Crippen MR) is 36.4 cm³/mol. The lowest BCUT2D eigenvalue weighted by molar-refractivity contribution is -0.117. The van der Waals surface area contributed by atoms with E-state index >= 15 is 0 Å². The molecule has 0 aliphatic carbocycles. The molecule has 1 aliphatic heterocycles. The number of piperidine rings is 1. The molecular formula is C7H15NO. The summed E-state index contributed by atoms with van der Waals surface area (Å²) in [6, 6.07) is 0. The maximum Gasteiger partial charge on any atom is 0.0266 e. The fourth-order valence-electron chi connectivity index (χ4n) is 1.38. The van der Waals surface area contributed by atoms with Crippen LogP contribution in [-0.4, -0.2) is 23.4 Å². The highest BCUT2D eigenvalue weighted by Gasteiger charge is 2.15. The average molecular weight is 129 g/mol. The van der Waals surface area contributed by atoms with Crippen LogP contribution in [0.5, 0.6) is 0 Å². The van der Waals surface area contributed by atoms with Crippen LogP contribution >= 0.6 is 0 Å². The monoisotopic (exact) mass is 129 g/mol. The molecule has 1 fully saturated rings. The Balaban J connectivity index is 2.23. The van der Waals surface area contributed by atoms with Gasteiger partial charge in [-0.05, 0) is 18.8 Å². The van der Waals surface area contributed by atoms with Crippen LogP contribution in [0.4, 0.5) is 0 Å². The molecule has 1 saturated heterocycles. The van der Waals surface area contributed by atoms with Crippen LogP contribution in [0.25, 0.3) is 0 Å². The molecule has 1 atom stereocenters. The standard InChI is InChI=1S/C7H15NO/c1-2-7-4-3-5-8(9)6-7/h7,9H,2-6H2,1H3. The summed E-state index contributed by atoms with van der Waals surface area (Å²) in [5.74, 6) is 0.740. The first-order valence-electron chi connectivity index (χ1n) is 3.76. The predicted octanol–water partition coefficient (Wildman–Crippen LogP) is 1.50. The van der Waals surface area contributed by atoms with Gasteiger partial charge in [0, 0.05) is 13.1 Å². The maximum absolute atomic E-state index is 9.04. The Morgan fingerprint density at radius 2 is 2.44 bits per heavy atom. The van der Waals surface area contributed by atoms with Gasteiger partial charge < -0.3 is 5.21 Å². The van der Waals surface area contributed by atoms with Crippen molar-refractivity contribution < 1.29 is 5.21 Å². The molecule has 1 N–H and O–H groups in total. The summed E-state index contributed by atoms with van der Waals surface area (Å²) < 4.78 is 0. The molecule has 1 aliphatic rings. The lowest BCUT2D eigenvalue weighted by Crippen LogP contribution is -2.32. The van der Waals surface area contributed by atoms with Crippen LogP contribution in [-0.2, 0) is 0 Å². The fourth-order valence-corrected chi connectivity index (χ4v) is 1.38. The first-order valence-corrected chi connectivity index (χ1v) is 3.76. The Labute approximate surface area is 56.4 Å². The summed E-state index contributed by atoms with van der Waals surface area (Å²) in [5, 5.41) is 10.5. The second-order valence-corrected chi connectivity index (χ2v) is 2.83. The molecule has 1 rings (SSSR count). The van der Waals surface area contributed by atoms with E-state index < -0.39 is 0 Å². The molecular weight excluding hydrogens is 114 g/mol. The Hall–Kier alpha value is -0.0800. The van der Waals surface area contributed by atoms with Crippen molar-refractivity contribution in [1.29, 1.82) is 0 Å². The molecule has 1 unspecified atom stereocenters. The molecule has 0 saturated carbocycles. The van der Waals surface area contributed by atoms with Gasteiger partial charge in [0.25, 0.3) is 0 Å². The number of nitrogens with zero attached hydrogens (tertiary/aromatic N) is 1. The van der Waals surface area contributed by atoms with Crippen molar-refractivity contribution in [1.82, 2.24) is 5.06 Å². The van der Waals surface area contributed by atoms with Gasteiger partial charge in [0.2, 0.25) is 0 Å². The van der Waals surface area contributed by atoms with E-state index in [9.17, 15) is 0 Å². The van der Waals surface area contributed by atoms with E-state index in [1.54, 1.807) is 0 Å². The molecule has 0 spiro atoms. The van der Waals surface area contributed by atoms with E-state index in [0.717, 1.165) is 25.4 Å². The zero-order chi connectivity index (χ0) is 6.69. The van der Waals surface area contributed by atoms with Crippen LogP contribution in [0.15, 0.2) is 0 Å². The van der Waals surface area contributed by atoms with Gasteiger partial charge in [-0.1, -0.05) is 13.3 Å². The largest absolute Gasteiger partial charge is 0.314 e. The third kappa shape index (κ3) is 1.95. The van der Waals surface area contributed by atoms with Crippen molar-refractivity contribution in [3.63, 3.8) is 0 Å². The van der Waals surface area contributed by atoms with E-state index in [1.807, 2.05) is 0 Å². The molecule has 0 aromatic heterocycles. The topological polar surface area (TPSA) is 23.5 Å². The molecule has 0 aromatic rings. The van der Waals surface area contributed by atoms with Gasteiger partial charge in [0.05, 0.1) is 0 Å². The van der Waals surface area contributed by atoms with Crippen molar-refractivity contribution in [3.8, 4) is 0 Å². The molecule has 2 heteroatoms. The fraction of sp³-hybridized carbons (Fsp3) is 1.00. The van der Waals surface area contributed by atoms with Crippen molar-refractivity contribution in [2.45, 2.75) is 26.2 Å². The van der Waals surface area contributed by atoms with Crippen molar-refractivity contribution in [3.05, 3.63) is 0 Å². The molecule has 0 bridgehead atoms. The van der Waals surface area contributed by atoms with E-state index in [-0.39, 0.29) is 0 Å². The highest BCUT2D eigenvalue weighted by Crippen LogP contribution is 2.16. The summed E-state index contributed by atoms with van der Waals surface area (Å²) in [5.41, 5.74) is 0. The van der Waals surface area contributed by atoms with Gasteiger partial charge >= 0.3 is 0 Å². The van der Waals surface area contributed by atoms with Crippen molar-refractivity contribution in [2.75, 3.05) is 13.1 Å². The van der Waals surface area contributed by atoms with Crippen LogP contribution in [0.1, 0.15) is 26.2 Å². The SMILES string of the molecule is CCC1CCCN(O)C1. The molecule has 9 heavy (non-hydrogen) atoms. The van der Waals surface area contributed by atoms with Gasteiger partial charge in [-0.25, -0.2) is 0 Å². The zero-order valence-electron chi connectivity index (χ0n) is 6.01. The normalized spacial score (nSPS) is 30.7. The Morgan fingerprint density at radius 1 is 1.67 bits per heavy atom. The van der Waals surface area contributed by atoms with E-state index in [2.05, 4.69) is 6.92 Å². The highest BCUT2D eigenvalue weighted by atomic mass is 16.5. The van der Waals surface area contributed by atoms with Gasteiger partial charge in [0.1, 0.15) is 0 Å². The summed E-state index contributed by atoms with van der Waals surface area (Å²) in [4.78, 5) is 0. The van der Waals surface area contributed by atoms with Crippen molar-refractivity contribution >= 4 is 0 Å². The van der Waals surface area contributed by atoms with E-state index in [0.29, 0.717) is 0 Å². The van der Waals surface area contributed by atoms with Gasteiger partial charge in [-0.15, -0.1) is 0 Å². The zero-order valence-corrected chi connectivity index (χ0v) is 6.01. The van der Waals surface area contributed by atoms with Crippen LogP contribution in [0, 0.1) is 5.92 Å². The molecule has 0 radical (unpaired) electrons. The van der Waals surface area contributed by atoms with Gasteiger partial charge in [-0.3, -0.25) is 0 Å².